The van der Waals surface area contributed by atoms with Crippen molar-refractivity contribution in [1.29, 1.82) is 0 Å². The van der Waals surface area contributed by atoms with Crippen molar-refractivity contribution in [2.45, 2.75) is 52.7 Å². The predicted octanol–water partition coefficient (Wildman–Crippen LogP) is 3.65. The van der Waals surface area contributed by atoms with Crippen LogP contribution in [0.25, 0.3) is 0 Å². The number of amides is 2. The molecule has 0 bridgehead atoms. The van der Waals surface area contributed by atoms with Crippen molar-refractivity contribution < 1.29 is 22.9 Å². The van der Waals surface area contributed by atoms with E-state index in [1.54, 1.807) is 38.1 Å². The number of nitrogens with one attached hydrogen (secondary N) is 1. The van der Waals surface area contributed by atoms with Gasteiger partial charge in [0.1, 0.15) is 12.6 Å². The van der Waals surface area contributed by atoms with Crippen LogP contribution in [-0.2, 0) is 26.2 Å². The van der Waals surface area contributed by atoms with E-state index in [1.165, 1.54) is 17.0 Å². The van der Waals surface area contributed by atoms with E-state index in [2.05, 4.69) is 5.32 Å². The topological polar surface area (TPSA) is 130 Å². The molecule has 0 fully saturated rings. The summed E-state index contributed by atoms with van der Waals surface area (Å²) in [4.78, 5) is 38.4. The van der Waals surface area contributed by atoms with Gasteiger partial charge in [0.05, 0.1) is 16.9 Å². The third-order valence-electron chi connectivity index (χ3n) is 5.82. The molecule has 2 amide bonds. The minimum Gasteiger partial charge on any atom is -0.352 e. The highest BCUT2D eigenvalue weighted by Gasteiger charge is 2.31. The van der Waals surface area contributed by atoms with Gasteiger partial charge in [-0.3, -0.25) is 24.0 Å². The lowest BCUT2D eigenvalue weighted by Gasteiger charge is -2.32. The molecule has 10 nitrogen and oxygen atoms in total. The lowest BCUT2D eigenvalue weighted by molar-refractivity contribution is -0.384. The fraction of sp³-hybridized carbons (Fsp3) is 0.417. The summed E-state index contributed by atoms with van der Waals surface area (Å²) in [5.41, 5.74) is 0.701. The van der Waals surface area contributed by atoms with Crippen LogP contribution >= 0.6 is 11.6 Å². The fourth-order valence-corrected chi connectivity index (χ4v) is 4.53. The summed E-state index contributed by atoms with van der Waals surface area (Å²) in [6.07, 6.45) is 1.60. The van der Waals surface area contributed by atoms with Gasteiger partial charge in [0, 0.05) is 29.7 Å². The van der Waals surface area contributed by atoms with Crippen molar-refractivity contribution >= 4 is 44.8 Å². The Morgan fingerprint density at radius 2 is 1.81 bits per heavy atom. The van der Waals surface area contributed by atoms with Crippen molar-refractivity contribution in [1.82, 2.24) is 10.2 Å². The lowest BCUT2D eigenvalue weighted by Crippen LogP contribution is -2.52. The highest BCUT2D eigenvalue weighted by Crippen LogP contribution is 2.28. The molecule has 2 aromatic rings. The normalized spacial score (nSPS) is 12.9. The maximum absolute atomic E-state index is 13.6. The summed E-state index contributed by atoms with van der Waals surface area (Å²) < 4.78 is 26.2. The van der Waals surface area contributed by atoms with E-state index in [9.17, 15) is 28.1 Å². The van der Waals surface area contributed by atoms with Gasteiger partial charge in [-0.1, -0.05) is 42.8 Å². The Morgan fingerprint density at radius 1 is 1.17 bits per heavy atom. The molecule has 0 saturated heterocycles. The van der Waals surface area contributed by atoms with Crippen LogP contribution in [-0.4, -0.2) is 54.9 Å². The van der Waals surface area contributed by atoms with Crippen molar-refractivity contribution in [3.8, 4) is 0 Å². The first-order chi connectivity index (χ1) is 16.8. The Morgan fingerprint density at radius 3 is 2.36 bits per heavy atom. The number of hydrogen-bond donors (Lipinski definition) is 1. The predicted molar refractivity (Wildman–Crippen MR) is 139 cm³/mol. The number of hydrogen-bond acceptors (Lipinski definition) is 6. The maximum atomic E-state index is 13.6. The molecule has 2 rings (SSSR count). The highest BCUT2D eigenvalue weighted by atomic mass is 35.5. The van der Waals surface area contributed by atoms with E-state index in [1.807, 2.05) is 13.8 Å². The molecule has 0 aliphatic rings. The zero-order valence-electron chi connectivity index (χ0n) is 20.9. The van der Waals surface area contributed by atoms with Crippen LogP contribution in [0.15, 0.2) is 42.5 Å². The zero-order chi connectivity index (χ0) is 27.2. The first-order valence-corrected chi connectivity index (χ1v) is 13.5. The number of nitro benzene ring substituents is 1. The standard InChI is InChI=1S/C24H31ClN4O6S/c1-6-17(3)26-24(31)18(4)27(14-19-9-7-8-10-21(19)25)23(30)15-28(36(5,34)35)22-13-20(29(32)33)12-11-16(22)2/h7-13,17-18H,6,14-15H2,1-5H3,(H,26,31)/t17-,18+/m1/s1. The molecule has 36 heavy (non-hydrogen) atoms. The van der Waals surface area contributed by atoms with Crippen molar-refractivity contribution in [2.75, 3.05) is 17.1 Å². The largest absolute Gasteiger partial charge is 0.352 e. The summed E-state index contributed by atoms with van der Waals surface area (Å²) in [6, 6.07) is 9.54. The second-order valence-corrected chi connectivity index (χ2v) is 10.9. The Hall–Kier alpha value is -3.18. The number of nitro groups is 1. The van der Waals surface area contributed by atoms with Crippen LogP contribution in [0.1, 0.15) is 38.3 Å². The van der Waals surface area contributed by atoms with Crippen LogP contribution in [0.3, 0.4) is 0 Å². The number of halogens is 1. The molecule has 0 spiro atoms. The van der Waals surface area contributed by atoms with Crippen molar-refractivity contribution in [3.05, 3.63) is 68.7 Å². The van der Waals surface area contributed by atoms with Crippen LogP contribution in [0, 0.1) is 17.0 Å². The Balaban J connectivity index is 2.49. The molecule has 2 aromatic carbocycles. The summed E-state index contributed by atoms with van der Waals surface area (Å²) in [5, 5.41) is 14.5. The van der Waals surface area contributed by atoms with E-state index >= 15 is 0 Å². The molecule has 0 aromatic heterocycles. The lowest BCUT2D eigenvalue weighted by atomic mass is 10.1. The van der Waals surface area contributed by atoms with Crippen LogP contribution in [0.2, 0.25) is 5.02 Å². The third-order valence-corrected chi connectivity index (χ3v) is 7.31. The van der Waals surface area contributed by atoms with Crippen LogP contribution < -0.4 is 9.62 Å². The highest BCUT2D eigenvalue weighted by molar-refractivity contribution is 7.92. The fourth-order valence-electron chi connectivity index (χ4n) is 3.43. The second kappa shape index (κ2) is 12.2. The van der Waals surface area contributed by atoms with Gasteiger partial charge >= 0.3 is 0 Å². The molecule has 0 heterocycles. The van der Waals surface area contributed by atoms with Gasteiger partial charge in [-0.05, 0) is 44.4 Å². The van der Waals surface area contributed by atoms with E-state index < -0.39 is 39.3 Å². The van der Waals surface area contributed by atoms with Crippen molar-refractivity contribution in [3.63, 3.8) is 0 Å². The van der Waals surface area contributed by atoms with E-state index in [0.717, 1.165) is 16.6 Å². The third kappa shape index (κ3) is 7.41. The van der Waals surface area contributed by atoms with Gasteiger partial charge in [-0.25, -0.2) is 8.42 Å². The van der Waals surface area contributed by atoms with Crippen LogP contribution in [0.5, 0.6) is 0 Å². The van der Waals surface area contributed by atoms with Gasteiger partial charge in [0.15, 0.2) is 0 Å². The average Bonchev–Trinajstić information content (AvgIpc) is 2.80. The monoisotopic (exact) mass is 538 g/mol. The molecule has 0 aliphatic heterocycles. The van der Waals surface area contributed by atoms with E-state index in [-0.39, 0.29) is 24.0 Å². The quantitative estimate of drug-likeness (QED) is 0.343. The number of aryl methyl sites for hydroxylation is 1. The summed E-state index contributed by atoms with van der Waals surface area (Å²) in [7, 11) is -4.02. The average molecular weight is 539 g/mol. The molecule has 0 saturated carbocycles. The molecule has 2 atom stereocenters. The second-order valence-electron chi connectivity index (χ2n) is 8.60. The number of anilines is 1. The number of sulfonamides is 1. The van der Waals surface area contributed by atoms with Gasteiger partial charge < -0.3 is 10.2 Å². The molecule has 0 unspecified atom stereocenters. The van der Waals surface area contributed by atoms with Gasteiger partial charge in [0.2, 0.25) is 21.8 Å². The summed E-state index contributed by atoms with van der Waals surface area (Å²) in [6.45, 7) is 6.18. The molecular weight excluding hydrogens is 508 g/mol. The Kier molecular flexibility index (Phi) is 9.83. The van der Waals surface area contributed by atoms with Gasteiger partial charge in [0.25, 0.3) is 5.69 Å². The number of non-ortho nitro benzene ring substituents is 1. The molecule has 12 heteroatoms. The number of nitrogens with zero attached hydrogens (tertiary/aromatic N) is 3. The smallest absolute Gasteiger partial charge is 0.271 e. The molecule has 0 radical (unpaired) electrons. The number of carbonyl (C=O) groups excluding carboxylic acids is 2. The first-order valence-electron chi connectivity index (χ1n) is 11.3. The van der Waals surface area contributed by atoms with Crippen molar-refractivity contribution in [2.24, 2.45) is 0 Å². The van der Waals surface area contributed by atoms with Crippen LogP contribution in [0.4, 0.5) is 11.4 Å². The molecule has 196 valence electrons. The van der Waals surface area contributed by atoms with Gasteiger partial charge in [-0.15, -0.1) is 0 Å². The van der Waals surface area contributed by atoms with E-state index in [4.69, 9.17) is 11.6 Å². The van der Waals surface area contributed by atoms with Gasteiger partial charge in [-0.2, -0.15) is 0 Å². The summed E-state index contributed by atoms with van der Waals surface area (Å²) >= 11 is 6.30. The zero-order valence-corrected chi connectivity index (χ0v) is 22.5. The molecule has 0 aliphatic carbocycles. The number of carbonyl (C=O) groups is 2. The number of rotatable bonds is 11. The Bertz CT molecular complexity index is 1240. The Labute approximate surface area is 216 Å². The molecular formula is C24H31ClN4O6S. The first kappa shape index (κ1) is 29.1. The van der Waals surface area contributed by atoms with E-state index in [0.29, 0.717) is 22.6 Å². The summed E-state index contributed by atoms with van der Waals surface area (Å²) in [5.74, 6) is -1.07. The number of benzene rings is 2. The SMILES string of the molecule is CC[C@@H](C)NC(=O)[C@H](C)N(Cc1ccccc1Cl)C(=O)CN(c1cc([N+](=O)[O-])ccc1C)S(C)(=O)=O. The minimum absolute atomic E-state index is 0.00875. The maximum Gasteiger partial charge on any atom is 0.271 e. The molecule has 1 N–H and O–H groups in total. The minimum atomic E-state index is -4.02.